The molecule has 2 N–H and O–H groups in total. The first-order chi connectivity index (χ1) is 15.1. The van der Waals surface area contributed by atoms with E-state index in [1.165, 1.54) is 6.42 Å². The third kappa shape index (κ3) is 3.54. The largest absolute Gasteiger partial charge is 0.329 e. The third-order valence-corrected chi connectivity index (χ3v) is 5.98. The molecule has 1 amide bonds. The second kappa shape index (κ2) is 7.86. The van der Waals surface area contributed by atoms with E-state index >= 15 is 0 Å². The van der Waals surface area contributed by atoms with E-state index in [-0.39, 0.29) is 12.6 Å². The van der Waals surface area contributed by atoms with Crippen molar-refractivity contribution in [3.05, 3.63) is 69.4 Å². The third-order valence-electron chi connectivity index (χ3n) is 5.98. The van der Waals surface area contributed by atoms with E-state index in [2.05, 4.69) is 19.9 Å². The van der Waals surface area contributed by atoms with Gasteiger partial charge in [0.15, 0.2) is 0 Å². The van der Waals surface area contributed by atoms with E-state index in [0.717, 1.165) is 41.3 Å². The van der Waals surface area contributed by atoms with E-state index in [1.807, 2.05) is 24.3 Å². The Morgan fingerprint density at radius 1 is 1.03 bits per heavy atom. The van der Waals surface area contributed by atoms with Gasteiger partial charge in [-0.05, 0) is 37.1 Å². The van der Waals surface area contributed by atoms with E-state index in [4.69, 9.17) is 0 Å². The van der Waals surface area contributed by atoms with Gasteiger partial charge in [0.2, 0.25) is 11.9 Å². The molecule has 158 valence electrons. The van der Waals surface area contributed by atoms with Crippen LogP contribution in [0.25, 0.3) is 21.9 Å². The normalized spacial score (nSPS) is 14.8. The van der Waals surface area contributed by atoms with Crippen molar-refractivity contribution in [3.63, 3.8) is 0 Å². The molecule has 8 heteroatoms. The van der Waals surface area contributed by atoms with Gasteiger partial charge >= 0.3 is 5.69 Å². The standard InChI is InChI=1S/C23H23N5O3/c29-20(14-27-21(30)16-10-4-5-11-17(16)25-23(27)31)26-22-24-18-12-6-7-13-19(18)28(22)15-8-2-1-3-9-15/h4-7,10-13,15H,1-3,8-9,14H2,(H,25,31)(H,24,26,29). The second-order valence-electron chi connectivity index (χ2n) is 8.00. The number of H-pyrrole nitrogens is 1. The van der Waals surface area contributed by atoms with Crippen molar-refractivity contribution < 1.29 is 4.79 Å². The highest BCUT2D eigenvalue weighted by Crippen LogP contribution is 2.34. The van der Waals surface area contributed by atoms with E-state index < -0.39 is 17.2 Å². The number of para-hydroxylation sites is 3. The van der Waals surface area contributed by atoms with Gasteiger partial charge in [-0.25, -0.2) is 9.78 Å². The molecule has 0 saturated heterocycles. The highest BCUT2D eigenvalue weighted by molar-refractivity contribution is 5.91. The summed E-state index contributed by atoms with van der Waals surface area (Å²) in [6, 6.07) is 14.8. The number of nitrogens with zero attached hydrogens (tertiary/aromatic N) is 3. The topological polar surface area (TPSA) is 102 Å². The lowest BCUT2D eigenvalue weighted by Gasteiger charge is -2.25. The fraction of sp³-hybridized carbons (Fsp3) is 0.304. The Morgan fingerprint density at radius 3 is 2.61 bits per heavy atom. The molecule has 2 heterocycles. The van der Waals surface area contributed by atoms with Gasteiger partial charge < -0.3 is 9.55 Å². The van der Waals surface area contributed by atoms with Gasteiger partial charge in [0, 0.05) is 6.04 Å². The zero-order valence-electron chi connectivity index (χ0n) is 17.0. The summed E-state index contributed by atoms with van der Waals surface area (Å²) < 4.78 is 3.02. The Morgan fingerprint density at radius 2 is 1.77 bits per heavy atom. The SMILES string of the molecule is O=C(Cn1c(=O)[nH]c2ccccc2c1=O)Nc1nc2ccccc2n1C1CCCCC1. The smallest absolute Gasteiger partial charge is 0.307 e. The molecule has 0 unspecified atom stereocenters. The van der Waals surface area contributed by atoms with Crippen LogP contribution in [0.3, 0.4) is 0 Å². The van der Waals surface area contributed by atoms with Crippen LogP contribution in [0.5, 0.6) is 0 Å². The molecule has 2 aromatic heterocycles. The van der Waals surface area contributed by atoms with Gasteiger partial charge in [0.1, 0.15) is 6.54 Å². The summed E-state index contributed by atoms with van der Waals surface area (Å²) >= 11 is 0. The van der Waals surface area contributed by atoms with Crippen LogP contribution in [-0.4, -0.2) is 25.0 Å². The maximum atomic E-state index is 12.9. The van der Waals surface area contributed by atoms with Crippen molar-refractivity contribution in [2.45, 2.75) is 44.7 Å². The van der Waals surface area contributed by atoms with Crippen LogP contribution >= 0.6 is 0 Å². The summed E-state index contributed by atoms with van der Waals surface area (Å²) in [7, 11) is 0. The van der Waals surface area contributed by atoms with Crippen molar-refractivity contribution >= 4 is 33.8 Å². The first kappa shape index (κ1) is 19.3. The minimum atomic E-state index is -0.611. The van der Waals surface area contributed by atoms with Gasteiger partial charge in [0.25, 0.3) is 5.56 Å². The molecule has 0 spiro atoms. The van der Waals surface area contributed by atoms with Crippen LogP contribution in [0.2, 0.25) is 0 Å². The van der Waals surface area contributed by atoms with E-state index in [0.29, 0.717) is 16.9 Å². The van der Waals surface area contributed by atoms with Gasteiger partial charge in [-0.3, -0.25) is 19.5 Å². The van der Waals surface area contributed by atoms with Gasteiger partial charge in [-0.15, -0.1) is 0 Å². The first-order valence-corrected chi connectivity index (χ1v) is 10.6. The van der Waals surface area contributed by atoms with Crippen LogP contribution in [0.1, 0.15) is 38.1 Å². The quantitative estimate of drug-likeness (QED) is 0.532. The van der Waals surface area contributed by atoms with Gasteiger partial charge in [-0.2, -0.15) is 0 Å². The van der Waals surface area contributed by atoms with E-state index in [9.17, 15) is 14.4 Å². The molecule has 0 aliphatic heterocycles. The summed E-state index contributed by atoms with van der Waals surface area (Å²) in [5.74, 6) is -0.00128. The number of fused-ring (bicyclic) bond motifs is 2. The maximum Gasteiger partial charge on any atom is 0.329 e. The lowest BCUT2D eigenvalue weighted by molar-refractivity contribution is -0.116. The number of carbonyl (C=O) groups is 1. The molecule has 0 bridgehead atoms. The van der Waals surface area contributed by atoms with Gasteiger partial charge in [0.05, 0.1) is 21.9 Å². The Balaban J connectivity index is 1.48. The molecule has 2 aromatic carbocycles. The number of aromatic nitrogens is 4. The molecular weight excluding hydrogens is 394 g/mol. The molecule has 1 fully saturated rings. The molecule has 1 saturated carbocycles. The maximum absolute atomic E-state index is 12.9. The first-order valence-electron chi connectivity index (χ1n) is 10.6. The fourth-order valence-electron chi connectivity index (χ4n) is 4.49. The highest BCUT2D eigenvalue weighted by Gasteiger charge is 2.23. The number of hydrogen-bond donors (Lipinski definition) is 2. The molecule has 4 aromatic rings. The minimum Gasteiger partial charge on any atom is -0.307 e. The Bertz CT molecular complexity index is 1390. The molecule has 0 radical (unpaired) electrons. The van der Waals surface area contributed by atoms with Crippen LogP contribution < -0.4 is 16.6 Å². The monoisotopic (exact) mass is 417 g/mol. The summed E-state index contributed by atoms with van der Waals surface area (Å²) in [4.78, 5) is 45.3. The summed E-state index contributed by atoms with van der Waals surface area (Å²) in [5.41, 5.74) is 1.14. The zero-order valence-corrected chi connectivity index (χ0v) is 17.0. The lowest BCUT2D eigenvalue weighted by Crippen LogP contribution is -2.39. The molecule has 0 atom stereocenters. The predicted octanol–water partition coefficient (Wildman–Crippen LogP) is 3.18. The molecule has 1 aliphatic rings. The van der Waals surface area contributed by atoms with Crippen molar-refractivity contribution in [1.29, 1.82) is 0 Å². The number of aromatic amines is 1. The van der Waals surface area contributed by atoms with Crippen LogP contribution in [0.15, 0.2) is 58.1 Å². The number of anilines is 1. The summed E-state index contributed by atoms with van der Waals surface area (Å²) in [5, 5.41) is 3.21. The van der Waals surface area contributed by atoms with Crippen LogP contribution in [0, 0.1) is 0 Å². The van der Waals surface area contributed by atoms with Crippen molar-refractivity contribution in [1.82, 2.24) is 19.1 Å². The minimum absolute atomic E-state index is 0.267. The Labute approximate surface area is 177 Å². The van der Waals surface area contributed by atoms with Crippen molar-refractivity contribution in [2.24, 2.45) is 0 Å². The molecule has 8 nitrogen and oxygen atoms in total. The fourth-order valence-corrected chi connectivity index (χ4v) is 4.49. The number of amides is 1. The number of carbonyl (C=O) groups excluding carboxylic acids is 1. The molecule has 31 heavy (non-hydrogen) atoms. The van der Waals surface area contributed by atoms with Crippen LogP contribution in [-0.2, 0) is 11.3 Å². The lowest BCUT2D eigenvalue weighted by atomic mass is 9.95. The Hall–Kier alpha value is -3.68. The summed E-state index contributed by atoms with van der Waals surface area (Å²) in [6.07, 6.45) is 5.58. The average Bonchev–Trinajstić information content (AvgIpc) is 3.15. The molecule has 1 aliphatic carbocycles. The van der Waals surface area contributed by atoms with Crippen molar-refractivity contribution in [2.75, 3.05) is 5.32 Å². The zero-order chi connectivity index (χ0) is 21.4. The number of rotatable bonds is 4. The number of hydrogen-bond acceptors (Lipinski definition) is 4. The molecular formula is C23H23N5O3. The van der Waals surface area contributed by atoms with Crippen molar-refractivity contribution in [3.8, 4) is 0 Å². The summed E-state index contributed by atoms with van der Waals surface area (Å²) in [6.45, 7) is -0.382. The van der Waals surface area contributed by atoms with E-state index in [1.54, 1.807) is 24.3 Å². The second-order valence-corrected chi connectivity index (χ2v) is 8.00. The van der Waals surface area contributed by atoms with Gasteiger partial charge in [-0.1, -0.05) is 43.5 Å². The Kier molecular flexibility index (Phi) is 4.89. The number of imidazole rings is 1. The predicted molar refractivity (Wildman–Crippen MR) is 119 cm³/mol. The number of nitrogens with one attached hydrogen (secondary N) is 2. The average molecular weight is 417 g/mol. The highest BCUT2D eigenvalue weighted by atomic mass is 16.2. The number of benzene rings is 2. The van der Waals surface area contributed by atoms with Crippen LogP contribution in [0.4, 0.5) is 5.95 Å². The molecule has 5 rings (SSSR count).